The lowest BCUT2D eigenvalue weighted by molar-refractivity contribution is 0.0862. The van der Waals surface area contributed by atoms with Crippen LogP contribution in [-0.4, -0.2) is 34.6 Å². The van der Waals surface area contributed by atoms with Crippen molar-refractivity contribution in [3.63, 3.8) is 0 Å². The minimum atomic E-state index is -0.613. The smallest absolute Gasteiger partial charge is 0.0888 e. The molecule has 0 radical (unpaired) electrons. The molecular formula is C28H42O3. The number of fused-ring (bicyclic) bond motifs is 1. The Morgan fingerprint density at radius 1 is 1.23 bits per heavy atom. The van der Waals surface area contributed by atoms with Gasteiger partial charge in [-0.15, -0.1) is 6.58 Å². The maximum absolute atomic E-state index is 10.2. The van der Waals surface area contributed by atoms with Gasteiger partial charge in [0.2, 0.25) is 0 Å². The van der Waals surface area contributed by atoms with E-state index in [1.165, 1.54) is 51.4 Å². The van der Waals surface area contributed by atoms with Crippen LogP contribution < -0.4 is 0 Å². The lowest BCUT2D eigenvalue weighted by Gasteiger charge is -2.44. The molecule has 7 atom stereocenters. The Kier molecular flexibility index (Phi) is 6.68. The number of aliphatic hydroxyl groups is 2. The number of aliphatic hydroxyl groups excluding tert-OH is 2. The molecule has 172 valence electrons. The standard InChI is InChI=1S/C28H42O3/c1-5-20(8-6-14-27(3)18-31-27)24-12-13-25-21(9-7-15-28(24,25)4)10-11-22-16-23(29)17-26(30)19(22)2/h5,10-11,20,23-26,29-30H,1-2,6-9,12-18H2,3-4H3/b21-10+,22-11-/t20-,23-,24-,25?,26?,27?,28-/m1/s1. The maximum atomic E-state index is 10.2. The number of epoxide rings is 1. The van der Waals surface area contributed by atoms with Crippen LogP contribution in [0.25, 0.3) is 0 Å². The monoisotopic (exact) mass is 426 g/mol. The van der Waals surface area contributed by atoms with E-state index in [-0.39, 0.29) is 5.60 Å². The minimum Gasteiger partial charge on any atom is -0.393 e. The first kappa shape index (κ1) is 23.0. The number of hydrogen-bond acceptors (Lipinski definition) is 3. The predicted molar refractivity (Wildman–Crippen MR) is 127 cm³/mol. The number of hydrogen-bond donors (Lipinski definition) is 2. The van der Waals surface area contributed by atoms with E-state index in [1.54, 1.807) is 5.57 Å². The Bertz CT molecular complexity index is 758. The summed E-state index contributed by atoms with van der Waals surface area (Å²) < 4.78 is 5.58. The van der Waals surface area contributed by atoms with Crippen LogP contribution in [0.4, 0.5) is 0 Å². The molecule has 0 bridgehead atoms. The molecule has 0 amide bonds. The van der Waals surface area contributed by atoms with Crippen LogP contribution in [-0.2, 0) is 4.74 Å². The van der Waals surface area contributed by atoms with E-state index in [1.807, 2.05) is 0 Å². The SMILES string of the molecule is C=C[C@H](CCCC1(C)CO1)[C@H]1CCC2/C(=C/C=C3/C[C@@H](O)CC(O)C3=C)CCC[C@@]21C. The van der Waals surface area contributed by atoms with E-state index in [2.05, 4.69) is 45.2 Å². The van der Waals surface area contributed by atoms with Gasteiger partial charge in [-0.1, -0.05) is 37.3 Å². The Morgan fingerprint density at radius 3 is 2.71 bits per heavy atom. The number of rotatable bonds is 7. The second kappa shape index (κ2) is 9.00. The van der Waals surface area contributed by atoms with Gasteiger partial charge >= 0.3 is 0 Å². The Balaban J connectivity index is 1.46. The molecule has 3 saturated carbocycles. The third-order valence-corrected chi connectivity index (χ3v) is 9.00. The van der Waals surface area contributed by atoms with Crippen molar-refractivity contribution >= 4 is 0 Å². The van der Waals surface area contributed by atoms with E-state index >= 15 is 0 Å². The molecule has 0 spiro atoms. The van der Waals surface area contributed by atoms with Crippen molar-refractivity contribution in [2.24, 2.45) is 23.2 Å². The second-order valence-electron chi connectivity index (χ2n) is 11.2. The van der Waals surface area contributed by atoms with Gasteiger partial charge in [-0.2, -0.15) is 0 Å². The average molecular weight is 427 g/mol. The van der Waals surface area contributed by atoms with Gasteiger partial charge in [-0.3, -0.25) is 0 Å². The van der Waals surface area contributed by atoms with E-state index in [0.717, 1.165) is 17.8 Å². The summed E-state index contributed by atoms with van der Waals surface area (Å²) in [6, 6.07) is 0. The van der Waals surface area contributed by atoms with Gasteiger partial charge in [0.25, 0.3) is 0 Å². The third-order valence-electron chi connectivity index (χ3n) is 9.00. The first-order chi connectivity index (χ1) is 14.8. The number of ether oxygens (including phenoxy) is 1. The molecule has 31 heavy (non-hydrogen) atoms. The molecule has 4 aliphatic rings. The molecule has 0 aromatic heterocycles. The van der Waals surface area contributed by atoms with Crippen molar-refractivity contribution in [3.8, 4) is 0 Å². The summed E-state index contributed by atoms with van der Waals surface area (Å²) in [4.78, 5) is 0. The van der Waals surface area contributed by atoms with Crippen molar-refractivity contribution in [3.05, 3.63) is 48.1 Å². The predicted octanol–water partition coefficient (Wildman–Crippen LogP) is 5.89. The van der Waals surface area contributed by atoms with Crippen LogP contribution in [0.5, 0.6) is 0 Å². The molecule has 0 aromatic rings. The third kappa shape index (κ3) is 4.79. The maximum Gasteiger partial charge on any atom is 0.0888 e. The van der Waals surface area contributed by atoms with Crippen LogP contribution in [0.1, 0.15) is 78.1 Å². The first-order valence-corrected chi connectivity index (χ1v) is 12.5. The zero-order valence-electron chi connectivity index (χ0n) is 19.6. The van der Waals surface area contributed by atoms with Gasteiger partial charge < -0.3 is 14.9 Å². The first-order valence-electron chi connectivity index (χ1n) is 12.5. The zero-order chi connectivity index (χ0) is 22.2. The van der Waals surface area contributed by atoms with Gasteiger partial charge in [0.15, 0.2) is 0 Å². The van der Waals surface area contributed by atoms with Crippen molar-refractivity contribution in [1.82, 2.24) is 0 Å². The van der Waals surface area contributed by atoms with Crippen LogP contribution in [0.2, 0.25) is 0 Å². The van der Waals surface area contributed by atoms with Crippen molar-refractivity contribution in [1.29, 1.82) is 0 Å². The number of allylic oxidation sites excluding steroid dienone is 4. The highest BCUT2D eigenvalue weighted by molar-refractivity contribution is 5.38. The van der Waals surface area contributed by atoms with E-state index < -0.39 is 12.2 Å². The second-order valence-corrected chi connectivity index (χ2v) is 11.2. The molecule has 1 saturated heterocycles. The Labute approximate surface area is 189 Å². The Hall–Kier alpha value is -1.16. The summed E-state index contributed by atoms with van der Waals surface area (Å²) in [7, 11) is 0. The molecular weight excluding hydrogens is 384 g/mol. The molecule has 3 nitrogen and oxygen atoms in total. The molecule has 0 aromatic carbocycles. The van der Waals surface area contributed by atoms with Crippen molar-refractivity contribution in [2.75, 3.05) is 6.61 Å². The average Bonchev–Trinajstić information content (AvgIpc) is 3.35. The van der Waals surface area contributed by atoms with Crippen LogP contribution in [0.15, 0.2) is 48.1 Å². The van der Waals surface area contributed by atoms with Crippen molar-refractivity contribution < 1.29 is 14.9 Å². The lowest BCUT2D eigenvalue weighted by Crippen LogP contribution is -2.36. The molecule has 4 rings (SSSR count). The fourth-order valence-corrected chi connectivity index (χ4v) is 6.91. The molecule has 3 aliphatic carbocycles. The van der Waals surface area contributed by atoms with Gasteiger partial charge in [0.1, 0.15) is 0 Å². The molecule has 1 aliphatic heterocycles. The van der Waals surface area contributed by atoms with Gasteiger partial charge in [0.05, 0.1) is 24.4 Å². The summed E-state index contributed by atoms with van der Waals surface area (Å²) in [5.74, 6) is 1.95. The van der Waals surface area contributed by atoms with Gasteiger partial charge in [-0.25, -0.2) is 0 Å². The van der Waals surface area contributed by atoms with E-state index in [9.17, 15) is 10.2 Å². The summed E-state index contributed by atoms with van der Waals surface area (Å²) >= 11 is 0. The zero-order valence-corrected chi connectivity index (χ0v) is 19.6. The summed E-state index contributed by atoms with van der Waals surface area (Å²) in [6.45, 7) is 14.0. The largest absolute Gasteiger partial charge is 0.393 e. The molecule has 2 N–H and O–H groups in total. The molecule has 4 fully saturated rings. The van der Waals surface area contributed by atoms with Gasteiger partial charge in [-0.05, 0) is 99.0 Å². The van der Waals surface area contributed by atoms with Crippen LogP contribution in [0.3, 0.4) is 0 Å². The molecule has 3 heteroatoms. The summed E-state index contributed by atoms with van der Waals surface area (Å²) in [5, 5.41) is 20.2. The quantitative estimate of drug-likeness (QED) is 0.394. The van der Waals surface area contributed by atoms with Crippen LogP contribution in [0, 0.1) is 23.2 Å². The van der Waals surface area contributed by atoms with Gasteiger partial charge in [0, 0.05) is 6.42 Å². The lowest BCUT2D eigenvalue weighted by atomic mass is 9.60. The highest BCUT2D eigenvalue weighted by atomic mass is 16.6. The topological polar surface area (TPSA) is 53.0 Å². The minimum absolute atomic E-state index is 0.159. The summed E-state index contributed by atoms with van der Waals surface area (Å²) in [5.41, 5.74) is 3.87. The highest BCUT2D eigenvalue weighted by Gasteiger charge is 2.51. The van der Waals surface area contributed by atoms with Crippen LogP contribution >= 0.6 is 0 Å². The highest BCUT2D eigenvalue weighted by Crippen LogP contribution is 2.60. The molecule has 3 unspecified atom stereocenters. The van der Waals surface area contributed by atoms with E-state index in [4.69, 9.17) is 4.74 Å². The van der Waals surface area contributed by atoms with Crippen molar-refractivity contribution in [2.45, 2.75) is 95.9 Å². The molecule has 1 heterocycles. The fraction of sp³-hybridized carbons (Fsp3) is 0.714. The van der Waals surface area contributed by atoms with E-state index in [0.29, 0.717) is 36.0 Å². The summed E-state index contributed by atoms with van der Waals surface area (Å²) in [6.07, 6.45) is 16.6. The fourth-order valence-electron chi connectivity index (χ4n) is 6.91. The Morgan fingerprint density at radius 2 is 2.00 bits per heavy atom. The normalized spacial score (nSPS) is 43.8.